The molecule has 2 aromatic rings. The SMILES string of the molecule is C=C(C)C(=O)Oc1ccc2c(OC=O)cccc2c1. The van der Waals surface area contributed by atoms with E-state index in [2.05, 4.69) is 6.58 Å². The third-order valence-electron chi connectivity index (χ3n) is 2.55. The summed E-state index contributed by atoms with van der Waals surface area (Å²) in [5.74, 6) is 0.411. The normalized spacial score (nSPS) is 9.95. The molecule has 0 aromatic heterocycles. The standard InChI is InChI=1S/C15H12O4/c1-10(2)15(17)19-12-6-7-13-11(8-12)4-3-5-14(13)18-9-16/h3-9H,1H2,2H3. The fourth-order valence-corrected chi connectivity index (χ4v) is 1.64. The molecule has 19 heavy (non-hydrogen) atoms. The van der Waals surface area contributed by atoms with E-state index in [0.29, 0.717) is 23.5 Å². The van der Waals surface area contributed by atoms with Crippen LogP contribution in [0.4, 0.5) is 0 Å². The van der Waals surface area contributed by atoms with Gasteiger partial charge in [-0.3, -0.25) is 4.79 Å². The predicted octanol–water partition coefficient (Wildman–Crippen LogP) is 2.86. The van der Waals surface area contributed by atoms with Crippen molar-refractivity contribution in [1.29, 1.82) is 0 Å². The first kappa shape index (κ1) is 12.8. The molecule has 0 atom stereocenters. The van der Waals surface area contributed by atoms with Gasteiger partial charge in [-0.25, -0.2) is 4.79 Å². The van der Waals surface area contributed by atoms with Gasteiger partial charge in [-0.1, -0.05) is 18.7 Å². The first-order valence-corrected chi connectivity index (χ1v) is 5.62. The van der Waals surface area contributed by atoms with Crippen LogP contribution < -0.4 is 9.47 Å². The van der Waals surface area contributed by atoms with Crippen molar-refractivity contribution in [1.82, 2.24) is 0 Å². The second-order valence-corrected chi connectivity index (χ2v) is 4.02. The smallest absolute Gasteiger partial charge is 0.338 e. The number of esters is 1. The molecule has 4 nitrogen and oxygen atoms in total. The molecule has 2 aromatic carbocycles. The van der Waals surface area contributed by atoms with Crippen LogP contribution in [0.25, 0.3) is 10.8 Å². The minimum Gasteiger partial charge on any atom is -0.428 e. The molecule has 4 heteroatoms. The van der Waals surface area contributed by atoms with Gasteiger partial charge in [-0.05, 0) is 36.6 Å². The Balaban J connectivity index is 2.39. The Morgan fingerprint density at radius 3 is 2.74 bits per heavy atom. The van der Waals surface area contributed by atoms with Crippen LogP contribution in [0.5, 0.6) is 11.5 Å². The van der Waals surface area contributed by atoms with Gasteiger partial charge in [-0.2, -0.15) is 0 Å². The van der Waals surface area contributed by atoms with Crippen LogP contribution >= 0.6 is 0 Å². The number of ether oxygens (including phenoxy) is 2. The Kier molecular flexibility index (Phi) is 3.61. The fraction of sp³-hybridized carbons (Fsp3) is 0.0667. The molecule has 0 spiro atoms. The first-order chi connectivity index (χ1) is 9.11. The van der Waals surface area contributed by atoms with Crippen LogP contribution in [0.2, 0.25) is 0 Å². The lowest BCUT2D eigenvalue weighted by Crippen LogP contribution is -2.07. The van der Waals surface area contributed by atoms with E-state index in [9.17, 15) is 9.59 Å². The van der Waals surface area contributed by atoms with Crippen molar-refractivity contribution in [2.24, 2.45) is 0 Å². The van der Waals surface area contributed by atoms with Gasteiger partial charge in [0, 0.05) is 11.0 Å². The maximum absolute atomic E-state index is 11.4. The number of carbonyl (C=O) groups is 2. The van der Waals surface area contributed by atoms with Crippen molar-refractivity contribution in [2.75, 3.05) is 0 Å². The van der Waals surface area contributed by atoms with Crippen LogP contribution in [0, 0.1) is 0 Å². The zero-order valence-corrected chi connectivity index (χ0v) is 10.4. The topological polar surface area (TPSA) is 52.6 Å². The van der Waals surface area contributed by atoms with Crippen molar-refractivity contribution < 1.29 is 19.1 Å². The molecule has 0 unspecified atom stereocenters. The van der Waals surface area contributed by atoms with E-state index in [1.165, 1.54) is 0 Å². The van der Waals surface area contributed by atoms with Crippen LogP contribution in [0.3, 0.4) is 0 Å². The summed E-state index contributed by atoms with van der Waals surface area (Å²) in [6.45, 7) is 5.48. The van der Waals surface area contributed by atoms with Crippen molar-refractivity contribution in [3.05, 3.63) is 48.6 Å². The summed E-state index contributed by atoms with van der Waals surface area (Å²) < 4.78 is 10.0. The van der Waals surface area contributed by atoms with Crippen LogP contribution in [0.15, 0.2) is 48.6 Å². The van der Waals surface area contributed by atoms with Crippen LogP contribution in [-0.4, -0.2) is 12.4 Å². The first-order valence-electron chi connectivity index (χ1n) is 5.62. The summed E-state index contributed by atoms with van der Waals surface area (Å²) in [5, 5.41) is 1.58. The van der Waals surface area contributed by atoms with Crippen molar-refractivity contribution in [2.45, 2.75) is 6.92 Å². The van der Waals surface area contributed by atoms with E-state index in [1.807, 2.05) is 6.07 Å². The highest BCUT2D eigenvalue weighted by molar-refractivity contribution is 5.92. The lowest BCUT2D eigenvalue weighted by atomic mass is 10.1. The Morgan fingerprint density at radius 1 is 1.26 bits per heavy atom. The number of carbonyl (C=O) groups excluding carboxylic acids is 2. The maximum Gasteiger partial charge on any atom is 0.338 e. The highest BCUT2D eigenvalue weighted by atomic mass is 16.5. The second-order valence-electron chi connectivity index (χ2n) is 4.02. The Morgan fingerprint density at radius 2 is 2.05 bits per heavy atom. The molecule has 0 aliphatic carbocycles. The third-order valence-corrected chi connectivity index (χ3v) is 2.55. The minimum absolute atomic E-state index is 0.332. The van der Waals surface area contributed by atoms with Gasteiger partial charge in [0.25, 0.3) is 6.47 Å². The molecule has 0 radical (unpaired) electrons. The highest BCUT2D eigenvalue weighted by Crippen LogP contribution is 2.28. The number of fused-ring (bicyclic) bond motifs is 1. The average molecular weight is 256 g/mol. The quantitative estimate of drug-likeness (QED) is 0.365. The molecule has 0 saturated heterocycles. The van der Waals surface area contributed by atoms with E-state index in [0.717, 1.165) is 10.8 Å². The largest absolute Gasteiger partial charge is 0.428 e. The Bertz CT molecular complexity index is 658. The zero-order chi connectivity index (χ0) is 13.8. The molecule has 2 rings (SSSR count). The maximum atomic E-state index is 11.4. The van der Waals surface area contributed by atoms with E-state index < -0.39 is 5.97 Å². The monoisotopic (exact) mass is 256 g/mol. The highest BCUT2D eigenvalue weighted by Gasteiger charge is 2.07. The van der Waals surface area contributed by atoms with Gasteiger partial charge in [0.1, 0.15) is 11.5 Å². The van der Waals surface area contributed by atoms with Crippen molar-refractivity contribution in [3.63, 3.8) is 0 Å². The van der Waals surface area contributed by atoms with Gasteiger partial charge >= 0.3 is 5.97 Å². The fourth-order valence-electron chi connectivity index (χ4n) is 1.64. The minimum atomic E-state index is -0.473. The number of hydrogen-bond acceptors (Lipinski definition) is 4. The van der Waals surface area contributed by atoms with E-state index >= 15 is 0 Å². The molecule has 0 fully saturated rings. The molecule has 0 bridgehead atoms. The summed E-state index contributed by atoms with van der Waals surface area (Å²) in [4.78, 5) is 21.8. The molecule has 0 heterocycles. The zero-order valence-electron chi connectivity index (χ0n) is 10.4. The van der Waals surface area contributed by atoms with E-state index in [4.69, 9.17) is 9.47 Å². The lowest BCUT2D eigenvalue weighted by Gasteiger charge is -2.07. The average Bonchev–Trinajstić information content (AvgIpc) is 2.39. The summed E-state index contributed by atoms with van der Waals surface area (Å²) in [5.41, 5.74) is 0.332. The molecular formula is C15H12O4. The Labute approximate surface area is 110 Å². The third kappa shape index (κ3) is 2.80. The van der Waals surface area contributed by atoms with Gasteiger partial charge in [-0.15, -0.1) is 0 Å². The Hall–Kier alpha value is -2.62. The summed E-state index contributed by atoms with van der Waals surface area (Å²) in [6.07, 6.45) is 0. The van der Waals surface area contributed by atoms with Crippen molar-refractivity contribution in [3.8, 4) is 11.5 Å². The molecule has 0 saturated carbocycles. The lowest BCUT2D eigenvalue weighted by molar-refractivity contribution is -0.130. The van der Waals surface area contributed by atoms with Crippen LogP contribution in [0.1, 0.15) is 6.92 Å². The van der Waals surface area contributed by atoms with Gasteiger partial charge < -0.3 is 9.47 Å². The predicted molar refractivity (Wildman–Crippen MR) is 71.1 cm³/mol. The van der Waals surface area contributed by atoms with Gasteiger partial charge in [0.15, 0.2) is 0 Å². The number of benzene rings is 2. The molecule has 96 valence electrons. The molecule has 0 aliphatic heterocycles. The summed E-state index contributed by atoms with van der Waals surface area (Å²) >= 11 is 0. The summed E-state index contributed by atoms with van der Waals surface area (Å²) in [6, 6.07) is 10.4. The number of hydrogen-bond donors (Lipinski definition) is 0. The van der Waals surface area contributed by atoms with Gasteiger partial charge in [0.05, 0.1) is 0 Å². The molecular weight excluding hydrogens is 244 g/mol. The number of rotatable bonds is 4. The summed E-state index contributed by atoms with van der Waals surface area (Å²) in [7, 11) is 0. The molecule has 0 aliphatic rings. The molecule has 0 amide bonds. The van der Waals surface area contributed by atoms with Crippen molar-refractivity contribution >= 4 is 23.2 Å². The van der Waals surface area contributed by atoms with E-state index in [-0.39, 0.29) is 0 Å². The van der Waals surface area contributed by atoms with Crippen LogP contribution in [-0.2, 0) is 9.59 Å². The molecule has 0 N–H and O–H groups in total. The van der Waals surface area contributed by atoms with Gasteiger partial charge in [0.2, 0.25) is 0 Å². The second kappa shape index (κ2) is 5.35. The van der Waals surface area contributed by atoms with E-state index in [1.54, 1.807) is 37.3 Å².